The molecule has 9 heteroatoms. The summed E-state index contributed by atoms with van der Waals surface area (Å²) >= 11 is 6.09. The number of aromatic amines is 1. The number of rotatable bonds is 5. The number of hydrogen-bond acceptors (Lipinski definition) is 5. The highest BCUT2D eigenvalue weighted by Gasteiger charge is 2.22. The molecule has 3 N–H and O–H groups in total. The normalized spacial score (nSPS) is 17.0. The number of carbonyl (C=O) groups is 1. The summed E-state index contributed by atoms with van der Waals surface area (Å²) in [5.74, 6) is -0.0891. The summed E-state index contributed by atoms with van der Waals surface area (Å²) < 4.78 is 0. The van der Waals surface area contributed by atoms with Crippen molar-refractivity contribution < 1.29 is 4.79 Å². The third-order valence-corrected chi connectivity index (χ3v) is 5.52. The topological polar surface area (TPSA) is 76.3 Å². The first kappa shape index (κ1) is 20.9. The molecule has 2 aliphatic rings. The number of H-pyrrole nitrogens is 1. The number of nitrogens with one attached hydrogen (secondary N) is 3. The maximum absolute atomic E-state index is 12.4. The Kier molecular flexibility index (Phi) is 7.18. The number of hydrogen-bond donors (Lipinski definition) is 3. The van der Waals surface area contributed by atoms with Gasteiger partial charge in [-0.1, -0.05) is 17.7 Å². The minimum Gasteiger partial charge on any atom is -0.369 e. The monoisotopic (exact) mass is 424 g/mol. The largest absolute Gasteiger partial charge is 0.369 e. The van der Waals surface area contributed by atoms with Crippen LogP contribution in [0.25, 0.3) is 0 Å². The van der Waals surface area contributed by atoms with Gasteiger partial charge in [-0.05, 0) is 18.2 Å². The fourth-order valence-electron chi connectivity index (χ4n) is 3.73. The number of aromatic nitrogens is 2. The van der Waals surface area contributed by atoms with Gasteiger partial charge in [0.1, 0.15) is 0 Å². The van der Waals surface area contributed by atoms with Crippen LogP contribution in [0.15, 0.2) is 24.3 Å². The molecule has 0 unspecified atom stereocenters. The van der Waals surface area contributed by atoms with Crippen molar-refractivity contribution in [1.29, 1.82) is 0 Å². The molecule has 3 heterocycles. The molecule has 1 saturated heterocycles. The Hall–Kier alpha value is -1.80. The summed E-state index contributed by atoms with van der Waals surface area (Å²) in [4.78, 5) is 17.2. The molecule has 4 rings (SSSR count). The van der Waals surface area contributed by atoms with Gasteiger partial charge in [0.15, 0.2) is 5.69 Å². The van der Waals surface area contributed by atoms with E-state index in [0.29, 0.717) is 18.8 Å². The molecule has 0 atom stereocenters. The predicted molar refractivity (Wildman–Crippen MR) is 114 cm³/mol. The van der Waals surface area contributed by atoms with E-state index in [1.165, 1.54) is 5.69 Å². The van der Waals surface area contributed by atoms with Crippen LogP contribution < -0.4 is 15.5 Å². The second-order valence-electron chi connectivity index (χ2n) is 7.02. The second kappa shape index (κ2) is 9.60. The first-order chi connectivity index (χ1) is 13.2. The van der Waals surface area contributed by atoms with E-state index in [9.17, 15) is 4.79 Å². The van der Waals surface area contributed by atoms with E-state index in [1.54, 1.807) is 0 Å². The van der Waals surface area contributed by atoms with Crippen LogP contribution in [0.5, 0.6) is 0 Å². The number of amides is 1. The maximum atomic E-state index is 12.4. The Morgan fingerprint density at radius 2 is 2.07 bits per heavy atom. The number of nitrogens with zero attached hydrogens (tertiary/aromatic N) is 3. The lowest BCUT2D eigenvalue weighted by Crippen LogP contribution is -2.48. The molecule has 2 aliphatic heterocycles. The van der Waals surface area contributed by atoms with Crippen LogP contribution in [0.4, 0.5) is 5.69 Å². The Morgan fingerprint density at radius 1 is 1.25 bits per heavy atom. The lowest BCUT2D eigenvalue weighted by molar-refractivity contribution is 0.0941. The maximum Gasteiger partial charge on any atom is 0.272 e. The SMILES string of the molecule is Cl.O=C(NCCN1CCN(c2cccc(Cl)c2)CC1)c1n[nH]c2c1CNCC2. The molecule has 1 fully saturated rings. The lowest BCUT2D eigenvalue weighted by atomic mass is 10.1. The van der Waals surface area contributed by atoms with Crippen molar-refractivity contribution in [1.82, 2.24) is 25.7 Å². The van der Waals surface area contributed by atoms with Crippen molar-refractivity contribution in [2.75, 3.05) is 50.7 Å². The van der Waals surface area contributed by atoms with Gasteiger partial charge >= 0.3 is 0 Å². The zero-order valence-corrected chi connectivity index (χ0v) is 17.3. The summed E-state index contributed by atoms with van der Waals surface area (Å²) in [5, 5.41) is 14.3. The smallest absolute Gasteiger partial charge is 0.272 e. The average molecular weight is 425 g/mol. The van der Waals surface area contributed by atoms with Gasteiger partial charge in [-0.15, -0.1) is 12.4 Å². The zero-order valence-electron chi connectivity index (χ0n) is 15.7. The Bertz CT molecular complexity index is 803. The molecule has 0 bridgehead atoms. The molecule has 0 saturated carbocycles. The van der Waals surface area contributed by atoms with Crippen LogP contribution in [0.2, 0.25) is 5.02 Å². The molecular formula is C19H26Cl2N6O. The van der Waals surface area contributed by atoms with Gasteiger partial charge in [0.25, 0.3) is 5.91 Å². The van der Waals surface area contributed by atoms with E-state index in [2.05, 4.69) is 36.7 Å². The van der Waals surface area contributed by atoms with Gasteiger partial charge in [0.05, 0.1) is 0 Å². The summed E-state index contributed by atoms with van der Waals surface area (Å²) in [6.45, 7) is 7.00. The van der Waals surface area contributed by atoms with Gasteiger partial charge in [0.2, 0.25) is 0 Å². The summed E-state index contributed by atoms with van der Waals surface area (Å²) in [5.41, 5.74) is 3.79. The molecule has 2 aromatic rings. The van der Waals surface area contributed by atoms with Crippen LogP contribution in [-0.4, -0.2) is 66.8 Å². The van der Waals surface area contributed by atoms with Crippen molar-refractivity contribution in [3.63, 3.8) is 0 Å². The number of piperazine rings is 1. The third kappa shape index (κ3) is 4.78. The van der Waals surface area contributed by atoms with Gasteiger partial charge in [-0.2, -0.15) is 5.10 Å². The molecule has 0 spiro atoms. The first-order valence-electron chi connectivity index (χ1n) is 9.48. The van der Waals surface area contributed by atoms with E-state index >= 15 is 0 Å². The standard InChI is InChI=1S/C19H25ClN6O.ClH/c20-14-2-1-3-15(12-14)26-10-8-25(9-11-26)7-6-22-19(27)18-16-13-21-5-4-17(16)23-24-18;/h1-3,12,21H,4-11,13H2,(H,22,27)(H,23,24);1H. The zero-order chi connectivity index (χ0) is 18.6. The molecule has 1 amide bonds. The summed E-state index contributed by atoms with van der Waals surface area (Å²) in [7, 11) is 0. The molecular weight excluding hydrogens is 399 g/mol. The third-order valence-electron chi connectivity index (χ3n) is 5.28. The number of halogens is 2. The first-order valence-corrected chi connectivity index (χ1v) is 9.86. The molecule has 152 valence electrons. The molecule has 7 nitrogen and oxygen atoms in total. The van der Waals surface area contributed by atoms with Crippen molar-refractivity contribution in [3.05, 3.63) is 46.2 Å². The fraction of sp³-hybridized carbons (Fsp3) is 0.474. The van der Waals surface area contributed by atoms with Crippen molar-refractivity contribution in [3.8, 4) is 0 Å². The Balaban J connectivity index is 0.00000225. The molecule has 1 aromatic carbocycles. The summed E-state index contributed by atoms with van der Waals surface area (Å²) in [6, 6.07) is 8.00. The van der Waals surface area contributed by atoms with Crippen molar-refractivity contribution in [2.24, 2.45) is 0 Å². The lowest BCUT2D eigenvalue weighted by Gasteiger charge is -2.36. The number of carbonyl (C=O) groups excluding carboxylic acids is 1. The molecule has 0 radical (unpaired) electrons. The van der Waals surface area contributed by atoms with Crippen LogP contribution in [-0.2, 0) is 13.0 Å². The highest BCUT2D eigenvalue weighted by Crippen LogP contribution is 2.20. The Labute approximate surface area is 176 Å². The van der Waals surface area contributed by atoms with E-state index in [0.717, 1.165) is 62.0 Å². The number of fused-ring (bicyclic) bond motifs is 1. The van der Waals surface area contributed by atoms with E-state index in [1.807, 2.05) is 18.2 Å². The van der Waals surface area contributed by atoms with E-state index in [-0.39, 0.29) is 18.3 Å². The van der Waals surface area contributed by atoms with Gasteiger partial charge < -0.3 is 15.5 Å². The molecule has 28 heavy (non-hydrogen) atoms. The van der Waals surface area contributed by atoms with Gasteiger partial charge in [-0.25, -0.2) is 0 Å². The Morgan fingerprint density at radius 3 is 2.86 bits per heavy atom. The highest BCUT2D eigenvalue weighted by atomic mass is 35.5. The van der Waals surface area contributed by atoms with Gasteiger partial charge in [-0.3, -0.25) is 14.8 Å². The molecule has 0 aliphatic carbocycles. The fourth-order valence-corrected chi connectivity index (χ4v) is 3.91. The molecule has 1 aromatic heterocycles. The quantitative estimate of drug-likeness (QED) is 0.680. The minimum atomic E-state index is -0.0891. The van der Waals surface area contributed by atoms with Crippen molar-refractivity contribution >= 4 is 35.6 Å². The van der Waals surface area contributed by atoms with Crippen LogP contribution in [0.1, 0.15) is 21.7 Å². The van der Waals surface area contributed by atoms with Gasteiger partial charge in [0, 0.05) is 80.7 Å². The van der Waals surface area contributed by atoms with Crippen LogP contribution in [0.3, 0.4) is 0 Å². The second-order valence-corrected chi connectivity index (χ2v) is 7.46. The van der Waals surface area contributed by atoms with Crippen LogP contribution in [0, 0.1) is 0 Å². The van der Waals surface area contributed by atoms with Crippen molar-refractivity contribution in [2.45, 2.75) is 13.0 Å². The van der Waals surface area contributed by atoms with E-state index in [4.69, 9.17) is 11.6 Å². The predicted octanol–water partition coefficient (Wildman–Crippen LogP) is 1.68. The van der Waals surface area contributed by atoms with Crippen LogP contribution >= 0.6 is 24.0 Å². The summed E-state index contributed by atoms with van der Waals surface area (Å²) in [6.07, 6.45) is 0.895. The van der Waals surface area contributed by atoms with E-state index < -0.39 is 0 Å². The number of benzene rings is 1. The highest BCUT2D eigenvalue weighted by molar-refractivity contribution is 6.30. The number of anilines is 1. The average Bonchev–Trinajstić information content (AvgIpc) is 3.13. The minimum absolute atomic E-state index is 0.